The number of aliphatic carboxylic acids is 1. The molecule has 8 nitrogen and oxygen atoms in total. The minimum Gasteiger partial charge on any atom is -0.497 e. The van der Waals surface area contributed by atoms with E-state index in [9.17, 15) is 9.90 Å². The lowest BCUT2D eigenvalue weighted by atomic mass is 8.92. The number of nitrogens with zero attached hydrogens (tertiary/aromatic N) is 3. The van der Waals surface area contributed by atoms with Crippen LogP contribution in [-0.2, 0) is 16.8 Å². The van der Waals surface area contributed by atoms with E-state index in [4.69, 9.17) is 14.5 Å². The SMILES string of the molecule is COc1ccc(CNc2nccn3c(C45C6C7C4C4C5C6C74C(=O)O)nc(Br)c23)c(OC)c1. The summed E-state index contributed by atoms with van der Waals surface area (Å²) in [5, 5.41) is 13.2. The summed E-state index contributed by atoms with van der Waals surface area (Å²) in [6.45, 7) is 0.541. The Morgan fingerprint density at radius 1 is 1.18 bits per heavy atom. The van der Waals surface area contributed by atoms with Crippen LogP contribution >= 0.6 is 15.9 Å². The largest absolute Gasteiger partial charge is 0.497 e. The molecule has 0 amide bonds. The summed E-state index contributed by atoms with van der Waals surface area (Å²) in [6.07, 6.45) is 3.79. The maximum atomic E-state index is 11.9. The highest BCUT2D eigenvalue weighted by molar-refractivity contribution is 9.10. The van der Waals surface area contributed by atoms with E-state index in [2.05, 4.69) is 30.6 Å². The molecule has 2 aromatic heterocycles. The average Bonchev–Trinajstić information content (AvgIpc) is 3.19. The molecule has 6 aliphatic carbocycles. The summed E-state index contributed by atoms with van der Waals surface area (Å²) in [4.78, 5) is 21.5. The Morgan fingerprint density at radius 2 is 1.91 bits per heavy atom. The number of carboxylic acids is 1. The number of halogens is 1. The first kappa shape index (κ1) is 18.6. The molecule has 9 rings (SSSR count). The van der Waals surface area contributed by atoms with Gasteiger partial charge in [0.25, 0.3) is 0 Å². The van der Waals surface area contributed by atoms with Crippen molar-refractivity contribution in [2.24, 2.45) is 40.9 Å². The molecule has 1 aromatic carbocycles. The van der Waals surface area contributed by atoms with Gasteiger partial charge in [0, 0.05) is 36.0 Å². The molecule has 0 bridgehead atoms. The topological polar surface area (TPSA) is 98.0 Å². The summed E-state index contributed by atoms with van der Waals surface area (Å²) >= 11 is 3.69. The molecule has 0 radical (unpaired) electrons. The number of aromatic nitrogens is 3. The predicted octanol–water partition coefficient (Wildman–Crippen LogP) is 3.20. The van der Waals surface area contributed by atoms with Crippen LogP contribution in [-0.4, -0.2) is 39.7 Å². The lowest BCUT2D eigenvalue weighted by Gasteiger charge is -3.09. The molecule has 0 atom stereocenters. The number of anilines is 1. The number of benzene rings is 1. The average molecular weight is 509 g/mol. The Labute approximate surface area is 197 Å². The van der Waals surface area contributed by atoms with Crippen LogP contribution in [0.5, 0.6) is 11.5 Å². The van der Waals surface area contributed by atoms with Gasteiger partial charge in [-0.2, -0.15) is 0 Å². The number of hydrogen-bond donors (Lipinski definition) is 2. The molecular weight excluding hydrogens is 488 g/mol. The third kappa shape index (κ3) is 1.57. The van der Waals surface area contributed by atoms with Crippen molar-refractivity contribution in [3.63, 3.8) is 0 Å². The molecule has 6 aliphatic rings. The third-order valence-electron chi connectivity index (χ3n) is 9.84. The van der Waals surface area contributed by atoms with E-state index in [0.29, 0.717) is 42.1 Å². The predicted molar refractivity (Wildman–Crippen MR) is 120 cm³/mol. The molecule has 0 spiro atoms. The number of hydrogen-bond acceptors (Lipinski definition) is 6. The second-order valence-corrected chi connectivity index (χ2v) is 10.8. The van der Waals surface area contributed by atoms with Gasteiger partial charge < -0.3 is 19.9 Å². The number of carbonyl (C=O) groups is 1. The second-order valence-electron chi connectivity index (χ2n) is 10.1. The van der Waals surface area contributed by atoms with E-state index < -0.39 is 5.97 Å². The van der Waals surface area contributed by atoms with Crippen LogP contribution in [0.3, 0.4) is 0 Å². The zero-order chi connectivity index (χ0) is 22.4. The van der Waals surface area contributed by atoms with Crippen molar-refractivity contribution >= 4 is 33.2 Å². The monoisotopic (exact) mass is 508 g/mol. The number of rotatable bonds is 7. The Morgan fingerprint density at radius 3 is 2.55 bits per heavy atom. The maximum absolute atomic E-state index is 11.9. The summed E-state index contributed by atoms with van der Waals surface area (Å²) in [6, 6.07) is 5.76. The number of methoxy groups -OCH3 is 2. The van der Waals surface area contributed by atoms with Crippen LogP contribution in [0.25, 0.3) is 5.52 Å². The van der Waals surface area contributed by atoms with E-state index in [1.54, 1.807) is 20.4 Å². The molecule has 9 heteroatoms. The standard InChI is InChI=1S/C24H21BrN4O4/c1-32-10-4-3-9(11(7-10)33-2)8-27-20-18-19(25)28-21(29(18)6-5-26-20)23-12-15-13(23)17-14(23)16(12)24(15,17)22(30)31/h3-7,12-17H,8H2,1-2H3,(H,26,27)(H,30,31). The Kier molecular flexibility index (Phi) is 3.08. The number of carboxylic acid groups (broad SMARTS) is 1. The minimum absolute atomic E-state index is 0.0873. The van der Waals surface area contributed by atoms with Gasteiger partial charge in [-0.15, -0.1) is 0 Å². The van der Waals surface area contributed by atoms with Gasteiger partial charge in [0.1, 0.15) is 27.4 Å². The van der Waals surface area contributed by atoms with Gasteiger partial charge in [-0.3, -0.25) is 9.20 Å². The van der Waals surface area contributed by atoms with Gasteiger partial charge in [-0.1, -0.05) is 0 Å². The normalized spacial score (nSPS) is 39.4. The van der Waals surface area contributed by atoms with Gasteiger partial charge in [-0.05, 0) is 63.6 Å². The van der Waals surface area contributed by atoms with E-state index in [0.717, 1.165) is 38.8 Å². The summed E-state index contributed by atoms with van der Waals surface area (Å²) in [7, 11) is 3.28. The van der Waals surface area contributed by atoms with Crippen molar-refractivity contribution in [2.45, 2.75) is 12.0 Å². The Balaban J connectivity index is 1.13. The van der Waals surface area contributed by atoms with Crippen molar-refractivity contribution in [3.05, 3.63) is 46.6 Å². The zero-order valence-electron chi connectivity index (χ0n) is 17.9. The highest BCUT2D eigenvalue weighted by Gasteiger charge is 3.12. The van der Waals surface area contributed by atoms with Crippen molar-refractivity contribution in [1.29, 1.82) is 0 Å². The molecule has 0 unspecified atom stereocenters. The molecular formula is C24H21BrN4O4. The fourth-order valence-corrected chi connectivity index (χ4v) is 9.56. The van der Waals surface area contributed by atoms with Crippen molar-refractivity contribution < 1.29 is 19.4 Å². The zero-order valence-corrected chi connectivity index (χ0v) is 19.5. The molecule has 0 saturated heterocycles. The number of ether oxygens (including phenoxy) is 2. The quantitative estimate of drug-likeness (QED) is 0.505. The van der Waals surface area contributed by atoms with Crippen molar-refractivity contribution in [3.8, 4) is 11.5 Å². The fraction of sp³-hybridized carbons (Fsp3) is 0.458. The molecule has 168 valence electrons. The van der Waals surface area contributed by atoms with Crippen LogP contribution in [0.4, 0.5) is 5.82 Å². The molecule has 6 fully saturated rings. The third-order valence-corrected chi connectivity index (χ3v) is 10.4. The van der Waals surface area contributed by atoms with Gasteiger partial charge in [0.2, 0.25) is 0 Å². The first-order chi connectivity index (χ1) is 16.0. The summed E-state index contributed by atoms with van der Waals surface area (Å²) in [5.74, 6) is 5.41. The van der Waals surface area contributed by atoms with Gasteiger partial charge in [-0.25, -0.2) is 9.97 Å². The van der Waals surface area contributed by atoms with Crippen molar-refractivity contribution in [2.75, 3.05) is 19.5 Å². The Hall–Kier alpha value is -2.81. The molecule has 6 saturated carbocycles. The van der Waals surface area contributed by atoms with Crippen LogP contribution < -0.4 is 14.8 Å². The molecule has 2 heterocycles. The highest BCUT2D eigenvalue weighted by Crippen LogP contribution is 3.09. The molecule has 33 heavy (non-hydrogen) atoms. The van der Waals surface area contributed by atoms with Gasteiger partial charge >= 0.3 is 5.97 Å². The van der Waals surface area contributed by atoms with E-state index in [-0.39, 0.29) is 10.8 Å². The van der Waals surface area contributed by atoms with E-state index in [1.807, 2.05) is 24.4 Å². The summed E-state index contributed by atoms with van der Waals surface area (Å²) in [5.41, 5.74) is 1.64. The number of fused-ring (bicyclic) bond motifs is 1. The maximum Gasteiger partial charge on any atom is 0.310 e. The molecule has 2 N–H and O–H groups in total. The smallest absolute Gasteiger partial charge is 0.310 e. The van der Waals surface area contributed by atoms with Gasteiger partial charge in [0.05, 0.1) is 19.6 Å². The first-order valence-electron chi connectivity index (χ1n) is 11.2. The number of imidazole rings is 1. The van der Waals surface area contributed by atoms with Crippen molar-refractivity contribution in [1.82, 2.24) is 14.4 Å². The van der Waals surface area contributed by atoms with Crippen LogP contribution in [0.2, 0.25) is 0 Å². The summed E-state index contributed by atoms with van der Waals surface area (Å²) < 4.78 is 13.8. The van der Waals surface area contributed by atoms with Crippen LogP contribution in [0, 0.1) is 40.9 Å². The molecule has 3 aromatic rings. The van der Waals surface area contributed by atoms with Crippen LogP contribution in [0.15, 0.2) is 35.2 Å². The Bertz CT molecular complexity index is 1360. The van der Waals surface area contributed by atoms with Crippen LogP contribution in [0.1, 0.15) is 11.4 Å². The van der Waals surface area contributed by atoms with Gasteiger partial charge in [0.15, 0.2) is 5.82 Å². The lowest BCUT2D eigenvalue weighted by molar-refractivity contribution is -0.614. The molecule has 0 aliphatic heterocycles. The van der Waals surface area contributed by atoms with E-state index >= 15 is 0 Å². The lowest BCUT2D eigenvalue weighted by Crippen LogP contribution is -3.12. The fourth-order valence-electron chi connectivity index (χ4n) is 9.01. The minimum atomic E-state index is -0.557. The second kappa shape index (κ2) is 5.46. The number of nitrogens with one attached hydrogen (secondary N) is 1. The highest BCUT2D eigenvalue weighted by atomic mass is 79.9. The van der Waals surface area contributed by atoms with E-state index in [1.165, 1.54) is 0 Å². The first-order valence-corrected chi connectivity index (χ1v) is 12.0.